The summed E-state index contributed by atoms with van der Waals surface area (Å²) in [6, 6.07) is 15.0. The third-order valence-corrected chi connectivity index (χ3v) is 6.48. The van der Waals surface area contributed by atoms with Crippen LogP contribution >= 0.6 is 11.3 Å². The molecule has 0 aliphatic rings. The van der Waals surface area contributed by atoms with E-state index in [1.807, 2.05) is 57.2 Å². The molecule has 0 aliphatic carbocycles. The molecule has 0 saturated heterocycles. The van der Waals surface area contributed by atoms with Crippen LogP contribution in [-0.4, -0.2) is 35.5 Å². The van der Waals surface area contributed by atoms with Crippen LogP contribution in [0.25, 0.3) is 0 Å². The van der Waals surface area contributed by atoms with Gasteiger partial charge in [0.2, 0.25) is 5.91 Å². The average Bonchev–Trinajstić information content (AvgIpc) is 3.21. The number of carbonyl (C=O) groups is 3. The van der Waals surface area contributed by atoms with E-state index in [1.165, 1.54) is 18.3 Å². The van der Waals surface area contributed by atoms with Crippen molar-refractivity contribution in [3.8, 4) is 5.75 Å². The Balaban J connectivity index is 1.63. The fourth-order valence-corrected chi connectivity index (χ4v) is 4.68. The van der Waals surface area contributed by atoms with E-state index in [2.05, 4.69) is 20.9 Å². The maximum Gasteiger partial charge on any atom is 0.413 e. The molecule has 0 atom stereocenters. The summed E-state index contributed by atoms with van der Waals surface area (Å²) < 4.78 is 5.35. The summed E-state index contributed by atoms with van der Waals surface area (Å²) in [4.78, 5) is 41.1. The van der Waals surface area contributed by atoms with Crippen LogP contribution in [0, 0.1) is 0 Å². The van der Waals surface area contributed by atoms with Crippen molar-refractivity contribution in [3.63, 3.8) is 0 Å². The van der Waals surface area contributed by atoms with Crippen molar-refractivity contribution in [2.75, 3.05) is 12.4 Å². The molecule has 3 aromatic rings. The summed E-state index contributed by atoms with van der Waals surface area (Å²) >= 11 is 1.50. The van der Waals surface area contributed by atoms with Gasteiger partial charge in [-0.1, -0.05) is 24.3 Å². The van der Waals surface area contributed by atoms with Gasteiger partial charge in [-0.3, -0.25) is 9.59 Å². The van der Waals surface area contributed by atoms with Gasteiger partial charge in [0, 0.05) is 30.0 Å². The Hall–Kier alpha value is -3.72. The van der Waals surface area contributed by atoms with Crippen molar-refractivity contribution in [1.29, 1.82) is 0 Å². The normalized spacial score (nSPS) is 11.1. The molecule has 8 nitrogen and oxygen atoms in total. The van der Waals surface area contributed by atoms with Gasteiger partial charge >= 0.3 is 6.09 Å². The predicted octanol–water partition coefficient (Wildman–Crippen LogP) is 4.92. The largest absolute Gasteiger partial charge is 0.413 e. The number of hydrogen-bond acceptors (Lipinski definition) is 6. The predicted molar refractivity (Wildman–Crippen MR) is 146 cm³/mol. The Morgan fingerprint density at radius 1 is 0.892 bits per heavy atom. The van der Waals surface area contributed by atoms with Crippen molar-refractivity contribution < 1.29 is 19.1 Å². The standard InChI is InChI=1S/C28H34N4O4S/c1-18(33)30-26-31-23(24(37-26)17-11-19-6-12-21(13-7-19)25(34)29-5)16-10-20-8-14-22(15-9-20)36-27(35)32-28(2,3)4/h6-9,12-15H,10-11,16-17H2,1-5H3,(H,29,34)(H,32,35)(H,30,31,33). The first kappa shape index (κ1) is 27.9. The van der Waals surface area contributed by atoms with E-state index >= 15 is 0 Å². The smallest absolute Gasteiger partial charge is 0.410 e. The molecular formula is C28H34N4O4S. The number of benzene rings is 2. The van der Waals surface area contributed by atoms with Crippen LogP contribution in [0.15, 0.2) is 48.5 Å². The van der Waals surface area contributed by atoms with E-state index < -0.39 is 6.09 Å². The van der Waals surface area contributed by atoms with E-state index in [-0.39, 0.29) is 17.4 Å². The highest BCUT2D eigenvalue weighted by atomic mass is 32.1. The number of hydrogen-bond donors (Lipinski definition) is 3. The molecule has 196 valence electrons. The summed E-state index contributed by atoms with van der Waals surface area (Å²) in [7, 11) is 1.61. The lowest BCUT2D eigenvalue weighted by Gasteiger charge is -2.19. The monoisotopic (exact) mass is 522 g/mol. The Bertz CT molecular complexity index is 1230. The van der Waals surface area contributed by atoms with Crippen LogP contribution in [0.2, 0.25) is 0 Å². The average molecular weight is 523 g/mol. The van der Waals surface area contributed by atoms with Crippen LogP contribution in [0.3, 0.4) is 0 Å². The number of rotatable bonds is 9. The fourth-order valence-electron chi connectivity index (χ4n) is 3.63. The number of ether oxygens (including phenoxy) is 1. The van der Waals surface area contributed by atoms with Gasteiger partial charge in [-0.05, 0) is 81.8 Å². The third-order valence-electron chi connectivity index (χ3n) is 5.41. The number of thiazole rings is 1. The highest BCUT2D eigenvalue weighted by Crippen LogP contribution is 2.26. The summed E-state index contributed by atoms with van der Waals surface area (Å²) in [6.45, 7) is 7.15. The number of anilines is 1. The number of carbonyl (C=O) groups excluding carboxylic acids is 3. The molecule has 3 amide bonds. The molecule has 0 saturated carbocycles. The Morgan fingerprint density at radius 2 is 1.49 bits per heavy atom. The summed E-state index contributed by atoms with van der Waals surface area (Å²) in [5.74, 6) is 0.224. The van der Waals surface area contributed by atoms with E-state index in [0.717, 1.165) is 41.0 Å². The van der Waals surface area contributed by atoms with Crippen LogP contribution in [0.5, 0.6) is 5.75 Å². The van der Waals surface area contributed by atoms with Crippen LogP contribution in [0.4, 0.5) is 9.93 Å². The van der Waals surface area contributed by atoms with Gasteiger partial charge in [0.15, 0.2) is 5.13 Å². The number of nitrogens with zero attached hydrogens (tertiary/aromatic N) is 1. The van der Waals surface area contributed by atoms with Crippen molar-refractivity contribution in [3.05, 3.63) is 75.8 Å². The van der Waals surface area contributed by atoms with Crippen molar-refractivity contribution in [1.82, 2.24) is 15.6 Å². The minimum Gasteiger partial charge on any atom is -0.410 e. The maximum absolute atomic E-state index is 12.0. The van der Waals surface area contributed by atoms with Gasteiger partial charge < -0.3 is 20.7 Å². The molecular weight excluding hydrogens is 488 g/mol. The van der Waals surface area contributed by atoms with Gasteiger partial charge in [0.05, 0.1) is 5.69 Å². The molecule has 0 aliphatic heterocycles. The van der Waals surface area contributed by atoms with Crippen LogP contribution < -0.4 is 20.7 Å². The maximum atomic E-state index is 12.0. The number of aromatic nitrogens is 1. The lowest BCUT2D eigenvalue weighted by atomic mass is 10.0. The van der Waals surface area contributed by atoms with Crippen molar-refractivity contribution >= 4 is 34.4 Å². The molecule has 0 fully saturated rings. The molecule has 0 bridgehead atoms. The molecule has 3 rings (SSSR count). The summed E-state index contributed by atoms with van der Waals surface area (Å²) in [6.07, 6.45) is 2.56. The lowest BCUT2D eigenvalue weighted by Crippen LogP contribution is -2.42. The minimum atomic E-state index is -0.485. The molecule has 9 heteroatoms. The Kier molecular flexibility index (Phi) is 9.41. The van der Waals surface area contributed by atoms with Crippen molar-refractivity contribution in [2.24, 2.45) is 0 Å². The molecule has 0 unspecified atom stereocenters. The first-order valence-electron chi connectivity index (χ1n) is 12.2. The van der Waals surface area contributed by atoms with E-state index in [0.29, 0.717) is 22.9 Å². The highest BCUT2D eigenvalue weighted by Gasteiger charge is 2.16. The second-order valence-electron chi connectivity index (χ2n) is 9.75. The van der Waals surface area contributed by atoms with E-state index in [1.54, 1.807) is 19.2 Å². The van der Waals surface area contributed by atoms with Gasteiger partial charge in [-0.2, -0.15) is 0 Å². The van der Waals surface area contributed by atoms with Gasteiger partial charge in [-0.15, -0.1) is 11.3 Å². The first-order chi connectivity index (χ1) is 17.5. The second-order valence-corrected chi connectivity index (χ2v) is 10.8. The quantitative estimate of drug-likeness (QED) is 0.370. The molecule has 3 N–H and O–H groups in total. The van der Waals surface area contributed by atoms with E-state index in [9.17, 15) is 14.4 Å². The van der Waals surface area contributed by atoms with Gasteiger partial charge in [0.25, 0.3) is 5.91 Å². The topological polar surface area (TPSA) is 109 Å². The number of nitrogens with one attached hydrogen (secondary N) is 3. The zero-order valence-corrected chi connectivity index (χ0v) is 22.8. The van der Waals surface area contributed by atoms with E-state index in [4.69, 9.17) is 4.74 Å². The zero-order valence-electron chi connectivity index (χ0n) is 21.9. The Labute approximate surface area is 221 Å². The second kappa shape index (κ2) is 12.5. The number of amides is 3. The zero-order chi connectivity index (χ0) is 27.0. The SMILES string of the molecule is CNC(=O)c1ccc(CCc2sc(NC(C)=O)nc2CCc2ccc(OC(=O)NC(C)(C)C)cc2)cc1. The molecule has 0 spiro atoms. The minimum absolute atomic E-state index is 0.107. The number of aryl methyl sites for hydroxylation is 4. The fraction of sp³-hybridized carbons (Fsp3) is 0.357. The van der Waals surface area contributed by atoms with Crippen LogP contribution in [0.1, 0.15) is 59.8 Å². The van der Waals surface area contributed by atoms with Gasteiger partial charge in [-0.25, -0.2) is 9.78 Å². The highest BCUT2D eigenvalue weighted by molar-refractivity contribution is 7.15. The van der Waals surface area contributed by atoms with Crippen LogP contribution in [-0.2, 0) is 30.5 Å². The van der Waals surface area contributed by atoms with Gasteiger partial charge in [0.1, 0.15) is 5.75 Å². The molecule has 0 radical (unpaired) electrons. The molecule has 1 heterocycles. The summed E-state index contributed by atoms with van der Waals surface area (Å²) in [5, 5.41) is 8.79. The Morgan fingerprint density at radius 3 is 2.05 bits per heavy atom. The molecule has 2 aromatic carbocycles. The summed E-state index contributed by atoms with van der Waals surface area (Å²) in [5.41, 5.74) is 3.44. The van der Waals surface area contributed by atoms with Crippen molar-refractivity contribution in [2.45, 2.75) is 58.9 Å². The molecule has 37 heavy (non-hydrogen) atoms. The lowest BCUT2D eigenvalue weighted by molar-refractivity contribution is -0.114. The third kappa shape index (κ3) is 9.02. The molecule has 1 aromatic heterocycles. The first-order valence-corrected chi connectivity index (χ1v) is 13.0.